The number of methoxy groups -OCH3 is 1. The number of aliphatic imine (C=N–C) groups is 1. The third kappa shape index (κ3) is 12.0. The van der Waals surface area contributed by atoms with Gasteiger partial charge >= 0.3 is 0 Å². The Morgan fingerprint density at radius 2 is 1.92 bits per heavy atom. The molecule has 0 radical (unpaired) electrons. The summed E-state index contributed by atoms with van der Waals surface area (Å²) in [7, 11) is 1.69. The van der Waals surface area contributed by atoms with E-state index in [4.69, 9.17) is 16.3 Å². The number of nitrogens with zero attached hydrogens (tertiary/aromatic N) is 1. The van der Waals surface area contributed by atoms with Crippen LogP contribution in [-0.4, -0.2) is 45.2 Å². The van der Waals surface area contributed by atoms with Gasteiger partial charge in [-0.1, -0.05) is 11.6 Å². The Bertz CT molecular complexity index is 512. The lowest BCUT2D eigenvalue weighted by atomic mass is 10.2. The first-order chi connectivity index (χ1) is 11.7. The maximum atomic E-state index is 11.9. The van der Waals surface area contributed by atoms with E-state index >= 15 is 0 Å². The highest BCUT2D eigenvalue weighted by Crippen LogP contribution is 2.13. The number of halogens is 2. The van der Waals surface area contributed by atoms with Crippen LogP contribution in [0.1, 0.15) is 26.2 Å². The first-order valence-corrected chi connectivity index (χ1v) is 8.60. The van der Waals surface area contributed by atoms with Crippen molar-refractivity contribution in [2.24, 2.45) is 4.99 Å². The molecule has 1 amide bonds. The molecule has 0 aliphatic rings. The minimum atomic E-state index is -0.0226. The maximum Gasteiger partial charge on any atom is 0.224 e. The summed E-state index contributed by atoms with van der Waals surface area (Å²) in [5, 5.41) is 9.90. The van der Waals surface area contributed by atoms with Crippen LogP contribution in [0.25, 0.3) is 0 Å². The van der Waals surface area contributed by atoms with E-state index in [1.807, 2.05) is 6.92 Å². The fourth-order valence-electron chi connectivity index (χ4n) is 1.95. The van der Waals surface area contributed by atoms with E-state index in [9.17, 15) is 4.79 Å². The van der Waals surface area contributed by atoms with Crippen LogP contribution in [0.2, 0.25) is 5.02 Å². The molecule has 25 heavy (non-hydrogen) atoms. The molecule has 0 saturated carbocycles. The molecule has 0 saturated heterocycles. The molecule has 0 aliphatic carbocycles. The molecular weight excluding hydrogens is 455 g/mol. The van der Waals surface area contributed by atoms with Crippen molar-refractivity contribution in [1.29, 1.82) is 0 Å². The smallest absolute Gasteiger partial charge is 0.224 e. The first kappa shape index (κ1) is 23.9. The quantitative estimate of drug-likeness (QED) is 0.207. The van der Waals surface area contributed by atoms with Gasteiger partial charge in [-0.05, 0) is 44.0 Å². The molecular formula is C17H28ClIN4O2. The summed E-state index contributed by atoms with van der Waals surface area (Å²) in [6.07, 6.45) is 2.04. The summed E-state index contributed by atoms with van der Waals surface area (Å²) in [4.78, 5) is 16.3. The van der Waals surface area contributed by atoms with Crippen molar-refractivity contribution < 1.29 is 9.53 Å². The zero-order chi connectivity index (χ0) is 17.6. The second kappa shape index (κ2) is 15.2. The molecule has 0 fully saturated rings. The van der Waals surface area contributed by atoms with Gasteiger partial charge in [0.25, 0.3) is 0 Å². The van der Waals surface area contributed by atoms with Crippen LogP contribution in [0, 0.1) is 0 Å². The van der Waals surface area contributed by atoms with E-state index in [-0.39, 0.29) is 29.9 Å². The number of carbonyl (C=O) groups is 1. The van der Waals surface area contributed by atoms with Crippen molar-refractivity contribution in [2.75, 3.05) is 38.7 Å². The summed E-state index contributed by atoms with van der Waals surface area (Å²) >= 11 is 5.81. The van der Waals surface area contributed by atoms with Gasteiger partial charge in [-0.2, -0.15) is 0 Å². The van der Waals surface area contributed by atoms with Crippen LogP contribution in [0.4, 0.5) is 5.69 Å². The number of guanidine groups is 1. The topological polar surface area (TPSA) is 74.8 Å². The number of carbonyl (C=O) groups excluding carboxylic acids is 1. The molecule has 0 unspecified atom stereocenters. The van der Waals surface area contributed by atoms with Gasteiger partial charge < -0.3 is 20.7 Å². The lowest BCUT2D eigenvalue weighted by Crippen LogP contribution is -2.38. The highest BCUT2D eigenvalue weighted by molar-refractivity contribution is 14.0. The number of rotatable bonds is 10. The number of nitrogens with one attached hydrogen (secondary N) is 3. The van der Waals surface area contributed by atoms with Crippen LogP contribution in [-0.2, 0) is 9.53 Å². The van der Waals surface area contributed by atoms with Gasteiger partial charge in [0.15, 0.2) is 5.96 Å². The third-order valence-corrected chi connectivity index (χ3v) is 3.37. The number of hydrogen-bond donors (Lipinski definition) is 3. The van der Waals surface area contributed by atoms with E-state index in [1.54, 1.807) is 31.4 Å². The number of hydrogen-bond acceptors (Lipinski definition) is 3. The van der Waals surface area contributed by atoms with Crippen molar-refractivity contribution in [3.63, 3.8) is 0 Å². The summed E-state index contributed by atoms with van der Waals surface area (Å²) in [5.74, 6) is 0.747. The predicted molar refractivity (Wildman–Crippen MR) is 115 cm³/mol. The van der Waals surface area contributed by atoms with Gasteiger partial charge in [-0.3, -0.25) is 9.79 Å². The SMILES string of the molecule is CCNC(=NCCCC(=O)Nc1ccc(Cl)cc1)NCCCOC.I. The molecule has 0 aromatic heterocycles. The van der Waals surface area contributed by atoms with Gasteiger partial charge in [0.2, 0.25) is 5.91 Å². The highest BCUT2D eigenvalue weighted by atomic mass is 127. The Morgan fingerprint density at radius 3 is 2.56 bits per heavy atom. The maximum absolute atomic E-state index is 11.9. The van der Waals surface area contributed by atoms with Crippen molar-refractivity contribution in [3.05, 3.63) is 29.3 Å². The largest absolute Gasteiger partial charge is 0.385 e. The van der Waals surface area contributed by atoms with Gasteiger partial charge in [0.1, 0.15) is 0 Å². The van der Waals surface area contributed by atoms with Crippen molar-refractivity contribution in [1.82, 2.24) is 10.6 Å². The molecule has 1 rings (SSSR count). The molecule has 0 atom stereocenters. The molecule has 142 valence electrons. The van der Waals surface area contributed by atoms with Crippen LogP contribution in [0.3, 0.4) is 0 Å². The number of amides is 1. The Kier molecular flexibility index (Phi) is 14.6. The minimum absolute atomic E-state index is 0. The second-order valence-electron chi connectivity index (χ2n) is 5.19. The molecule has 8 heteroatoms. The van der Waals surface area contributed by atoms with E-state index in [1.165, 1.54) is 0 Å². The molecule has 0 heterocycles. The lowest BCUT2D eigenvalue weighted by molar-refractivity contribution is -0.116. The minimum Gasteiger partial charge on any atom is -0.385 e. The Morgan fingerprint density at radius 1 is 1.20 bits per heavy atom. The Hall–Kier alpha value is -1.06. The molecule has 0 aliphatic heterocycles. The lowest BCUT2D eigenvalue weighted by Gasteiger charge is -2.11. The van der Waals surface area contributed by atoms with Gasteiger partial charge in [-0.25, -0.2) is 0 Å². The van der Waals surface area contributed by atoms with Crippen molar-refractivity contribution in [3.8, 4) is 0 Å². The predicted octanol–water partition coefficient (Wildman–Crippen LogP) is 3.27. The molecule has 0 bridgehead atoms. The Labute approximate surface area is 172 Å². The number of ether oxygens (including phenoxy) is 1. The van der Waals surface area contributed by atoms with Gasteiger partial charge in [0.05, 0.1) is 0 Å². The fourth-order valence-corrected chi connectivity index (χ4v) is 2.08. The van der Waals surface area contributed by atoms with E-state index in [2.05, 4.69) is 20.9 Å². The van der Waals surface area contributed by atoms with Crippen molar-refractivity contribution in [2.45, 2.75) is 26.2 Å². The molecule has 6 nitrogen and oxygen atoms in total. The first-order valence-electron chi connectivity index (χ1n) is 8.22. The monoisotopic (exact) mass is 482 g/mol. The average Bonchev–Trinajstić information content (AvgIpc) is 2.57. The average molecular weight is 483 g/mol. The van der Waals surface area contributed by atoms with Gasteiger partial charge in [-0.15, -0.1) is 24.0 Å². The zero-order valence-electron chi connectivity index (χ0n) is 14.8. The van der Waals surface area contributed by atoms with E-state index < -0.39 is 0 Å². The van der Waals surface area contributed by atoms with Crippen LogP contribution < -0.4 is 16.0 Å². The summed E-state index contributed by atoms with van der Waals surface area (Å²) in [6, 6.07) is 7.07. The highest BCUT2D eigenvalue weighted by Gasteiger charge is 2.02. The van der Waals surface area contributed by atoms with Crippen molar-refractivity contribution >= 4 is 53.1 Å². The summed E-state index contributed by atoms with van der Waals surface area (Å²) in [6.45, 7) is 4.93. The number of benzene rings is 1. The van der Waals surface area contributed by atoms with E-state index in [0.717, 1.165) is 37.8 Å². The fraction of sp³-hybridized carbons (Fsp3) is 0.529. The van der Waals surface area contributed by atoms with E-state index in [0.29, 0.717) is 24.4 Å². The number of anilines is 1. The normalized spacial score (nSPS) is 10.8. The van der Waals surface area contributed by atoms with Gasteiger partial charge in [0, 0.05) is 50.5 Å². The standard InChI is InChI=1S/C17H27ClN4O2.HI/c1-3-19-17(21-12-5-13-24-2)20-11-4-6-16(23)22-15-9-7-14(18)8-10-15;/h7-10H,3-6,11-13H2,1-2H3,(H,22,23)(H2,19,20,21);1H. The molecule has 1 aromatic rings. The third-order valence-electron chi connectivity index (χ3n) is 3.12. The summed E-state index contributed by atoms with van der Waals surface area (Å²) < 4.78 is 5.01. The zero-order valence-corrected chi connectivity index (χ0v) is 17.9. The molecule has 1 aromatic carbocycles. The Balaban J connectivity index is 0.00000576. The molecule has 3 N–H and O–H groups in total. The van der Waals surface area contributed by atoms with Crippen LogP contribution >= 0.6 is 35.6 Å². The second-order valence-corrected chi connectivity index (χ2v) is 5.63. The van der Waals surface area contributed by atoms with Crippen LogP contribution in [0.15, 0.2) is 29.3 Å². The molecule has 0 spiro atoms. The van der Waals surface area contributed by atoms with Crippen LogP contribution in [0.5, 0.6) is 0 Å². The summed E-state index contributed by atoms with van der Waals surface area (Å²) in [5.41, 5.74) is 0.751.